The number of likely N-dealkylation sites (tertiary alicyclic amines) is 2. The summed E-state index contributed by atoms with van der Waals surface area (Å²) in [4.78, 5) is 28.9. The van der Waals surface area contributed by atoms with Crippen LogP contribution < -0.4 is 5.73 Å². The van der Waals surface area contributed by atoms with Crippen molar-refractivity contribution in [3.05, 3.63) is 34.9 Å². The minimum Gasteiger partial charge on any atom is -0.342 e. The number of hydrogen-bond donors (Lipinski definition) is 1. The summed E-state index contributed by atoms with van der Waals surface area (Å²) in [7, 11) is 1.77. The number of nitrogens with zero attached hydrogens (tertiary/aromatic N) is 2. The molecule has 2 heterocycles. The number of rotatable bonds is 3. The van der Waals surface area contributed by atoms with Crippen molar-refractivity contribution in [3.63, 3.8) is 0 Å². The first kappa shape index (κ1) is 17.2. The molecular weight excluding hydrogens is 326 g/mol. The van der Waals surface area contributed by atoms with Crippen molar-refractivity contribution in [2.45, 2.75) is 25.3 Å². The Labute approximate surface area is 147 Å². The van der Waals surface area contributed by atoms with Gasteiger partial charge in [-0.05, 0) is 43.0 Å². The molecule has 2 aliphatic heterocycles. The van der Waals surface area contributed by atoms with E-state index in [0.717, 1.165) is 31.5 Å². The minimum absolute atomic E-state index is 0.00942. The number of piperidine rings is 1. The smallest absolute Gasteiger partial charge is 0.228 e. The van der Waals surface area contributed by atoms with Crippen molar-refractivity contribution in [2.24, 2.45) is 17.6 Å². The van der Waals surface area contributed by atoms with E-state index in [1.165, 1.54) is 0 Å². The topological polar surface area (TPSA) is 66.6 Å². The molecule has 0 radical (unpaired) electrons. The summed E-state index contributed by atoms with van der Waals surface area (Å²) in [6.07, 6.45) is 2.16. The number of hydrogen-bond acceptors (Lipinski definition) is 3. The van der Waals surface area contributed by atoms with E-state index in [4.69, 9.17) is 17.3 Å². The zero-order chi connectivity index (χ0) is 17.3. The molecule has 0 aliphatic carbocycles. The van der Waals surface area contributed by atoms with Gasteiger partial charge in [-0.1, -0.05) is 23.7 Å². The van der Waals surface area contributed by atoms with Gasteiger partial charge in [0.05, 0.1) is 12.0 Å². The maximum Gasteiger partial charge on any atom is 0.228 e. The van der Waals surface area contributed by atoms with Gasteiger partial charge in [0.1, 0.15) is 0 Å². The zero-order valence-corrected chi connectivity index (χ0v) is 14.7. The van der Waals surface area contributed by atoms with Gasteiger partial charge < -0.3 is 15.5 Å². The fraction of sp³-hybridized carbons (Fsp3) is 0.556. The van der Waals surface area contributed by atoms with E-state index in [-0.39, 0.29) is 30.2 Å². The first-order valence-electron chi connectivity index (χ1n) is 8.51. The van der Waals surface area contributed by atoms with Crippen LogP contribution in [0.25, 0.3) is 0 Å². The number of benzene rings is 1. The van der Waals surface area contributed by atoms with Gasteiger partial charge in [0.2, 0.25) is 11.8 Å². The summed E-state index contributed by atoms with van der Waals surface area (Å²) < 4.78 is 0. The lowest BCUT2D eigenvalue weighted by Gasteiger charge is -2.34. The highest BCUT2D eigenvalue weighted by atomic mass is 35.5. The molecule has 1 aromatic rings. The van der Waals surface area contributed by atoms with Crippen LogP contribution in [-0.2, 0) is 9.59 Å². The van der Waals surface area contributed by atoms with Gasteiger partial charge in [-0.3, -0.25) is 9.59 Å². The van der Waals surface area contributed by atoms with Crippen molar-refractivity contribution >= 4 is 23.4 Å². The Morgan fingerprint density at radius 2 is 2.04 bits per heavy atom. The standard InChI is InChI=1S/C18H24ClN3O2/c1-21-16(23)10-15(17(21)13-3-2-4-14(19)9-13)18(24)22-7-5-12(11-20)6-8-22/h2-4,9,12,15,17H,5-8,10-11,20H2,1H3. The molecule has 2 aliphatic rings. The summed E-state index contributed by atoms with van der Waals surface area (Å²) in [5.74, 6) is 0.254. The average molecular weight is 350 g/mol. The third kappa shape index (κ3) is 3.28. The summed E-state index contributed by atoms with van der Waals surface area (Å²) >= 11 is 6.10. The molecule has 2 atom stereocenters. The molecule has 2 N–H and O–H groups in total. The van der Waals surface area contributed by atoms with Crippen LogP contribution >= 0.6 is 11.6 Å². The van der Waals surface area contributed by atoms with Crippen LogP contribution in [0.3, 0.4) is 0 Å². The van der Waals surface area contributed by atoms with Gasteiger partial charge in [0, 0.05) is 31.6 Å². The fourth-order valence-corrected chi connectivity index (χ4v) is 4.06. The summed E-state index contributed by atoms with van der Waals surface area (Å²) in [5.41, 5.74) is 6.65. The number of carbonyl (C=O) groups excluding carboxylic acids is 2. The highest BCUT2D eigenvalue weighted by Gasteiger charge is 2.44. The summed E-state index contributed by atoms with van der Waals surface area (Å²) in [6.45, 7) is 2.15. The summed E-state index contributed by atoms with van der Waals surface area (Å²) in [6, 6.07) is 7.21. The van der Waals surface area contributed by atoms with Crippen molar-refractivity contribution in [1.82, 2.24) is 9.80 Å². The van der Waals surface area contributed by atoms with Crippen molar-refractivity contribution in [1.29, 1.82) is 0 Å². The monoisotopic (exact) mass is 349 g/mol. The van der Waals surface area contributed by atoms with Crippen LogP contribution in [0.1, 0.15) is 30.9 Å². The maximum absolute atomic E-state index is 13.0. The van der Waals surface area contributed by atoms with E-state index in [1.807, 2.05) is 23.1 Å². The molecule has 0 saturated carbocycles. The van der Waals surface area contributed by atoms with Gasteiger partial charge >= 0.3 is 0 Å². The summed E-state index contributed by atoms with van der Waals surface area (Å²) in [5, 5.41) is 0.621. The normalized spacial score (nSPS) is 25.4. The SMILES string of the molecule is CN1C(=O)CC(C(=O)N2CCC(CN)CC2)C1c1cccc(Cl)c1. The van der Waals surface area contributed by atoms with Gasteiger partial charge in [-0.2, -0.15) is 0 Å². The minimum atomic E-state index is -0.338. The van der Waals surface area contributed by atoms with Crippen LogP contribution in [-0.4, -0.2) is 48.3 Å². The van der Waals surface area contributed by atoms with Crippen LogP contribution in [0.15, 0.2) is 24.3 Å². The number of carbonyl (C=O) groups is 2. The third-order valence-electron chi connectivity index (χ3n) is 5.35. The van der Waals surface area contributed by atoms with E-state index in [0.29, 0.717) is 17.5 Å². The quantitative estimate of drug-likeness (QED) is 0.908. The van der Waals surface area contributed by atoms with Crippen LogP contribution in [0, 0.1) is 11.8 Å². The first-order valence-corrected chi connectivity index (χ1v) is 8.89. The largest absolute Gasteiger partial charge is 0.342 e. The van der Waals surface area contributed by atoms with Gasteiger partial charge in [-0.15, -0.1) is 0 Å². The number of amides is 2. The Kier molecular flexibility index (Phi) is 5.11. The molecule has 2 amide bonds. The van der Waals surface area contributed by atoms with E-state index >= 15 is 0 Å². The highest BCUT2D eigenvalue weighted by molar-refractivity contribution is 6.30. The number of nitrogens with two attached hydrogens (primary N) is 1. The van der Waals surface area contributed by atoms with Crippen LogP contribution in [0.5, 0.6) is 0 Å². The van der Waals surface area contributed by atoms with E-state index in [1.54, 1.807) is 18.0 Å². The van der Waals surface area contributed by atoms with Gasteiger partial charge in [0.15, 0.2) is 0 Å². The predicted octanol–water partition coefficient (Wildman–Crippen LogP) is 2.06. The Hall–Kier alpha value is -1.59. The number of halogens is 1. The van der Waals surface area contributed by atoms with Crippen LogP contribution in [0.4, 0.5) is 0 Å². The predicted molar refractivity (Wildman–Crippen MR) is 93.4 cm³/mol. The second-order valence-corrected chi connectivity index (χ2v) is 7.26. The van der Waals surface area contributed by atoms with Crippen molar-refractivity contribution in [3.8, 4) is 0 Å². The maximum atomic E-state index is 13.0. The molecule has 3 rings (SSSR count). The molecule has 1 aromatic carbocycles. The molecule has 130 valence electrons. The lowest BCUT2D eigenvalue weighted by molar-refractivity contribution is -0.138. The highest BCUT2D eigenvalue weighted by Crippen LogP contribution is 2.39. The Bertz CT molecular complexity index is 628. The molecule has 24 heavy (non-hydrogen) atoms. The Morgan fingerprint density at radius 3 is 2.67 bits per heavy atom. The molecule has 2 unspecified atom stereocenters. The molecule has 2 fully saturated rings. The molecule has 0 spiro atoms. The molecule has 5 nitrogen and oxygen atoms in total. The molecule has 6 heteroatoms. The molecular formula is C18H24ClN3O2. The first-order chi connectivity index (χ1) is 11.5. The van der Waals surface area contributed by atoms with Gasteiger partial charge in [0.25, 0.3) is 0 Å². The Morgan fingerprint density at radius 1 is 1.33 bits per heavy atom. The lowest BCUT2D eigenvalue weighted by atomic mass is 9.90. The fourth-order valence-electron chi connectivity index (χ4n) is 3.86. The van der Waals surface area contributed by atoms with Crippen LogP contribution in [0.2, 0.25) is 5.02 Å². The van der Waals surface area contributed by atoms with E-state index in [2.05, 4.69) is 0 Å². The van der Waals surface area contributed by atoms with E-state index < -0.39 is 0 Å². The molecule has 0 bridgehead atoms. The second-order valence-electron chi connectivity index (χ2n) is 6.82. The van der Waals surface area contributed by atoms with Crippen molar-refractivity contribution < 1.29 is 9.59 Å². The second kappa shape index (κ2) is 7.11. The van der Waals surface area contributed by atoms with E-state index in [9.17, 15) is 9.59 Å². The third-order valence-corrected chi connectivity index (χ3v) is 5.59. The average Bonchev–Trinajstić information content (AvgIpc) is 2.89. The molecule has 2 saturated heterocycles. The van der Waals surface area contributed by atoms with Gasteiger partial charge in [-0.25, -0.2) is 0 Å². The van der Waals surface area contributed by atoms with Crippen molar-refractivity contribution in [2.75, 3.05) is 26.7 Å². The molecule has 0 aromatic heterocycles. The lowest BCUT2D eigenvalue weighted by Crippen LogP contribution is -2.44. The Balaban J connectivity index is 1.80. The zero-order valence-electron chi connectivity index (χ0n) is 14.0.